The van der Waals surface area contributed by atoms with Crippen LogP contribution in [0.1, 0.15) is 67.0 Å². The van der Waals surface area contributed by atoms with Gasteiger partial charge in [-0.05, 0) is 109 Å². The predicted molar refractivity (Wildman–Crippen MR) is 234 cm³/mol. The van der Waals surface area contributed by atoms with Gasteiger partial charge in [0.05, 0.1) is 22.8 Å². The van der Waals surface area contributed by atoms with Crippen molar-refractivity contribution >= 4 is 44.5 Å². The Morgan fingerprint density at radius 2 is 1.09 bits per heavy atom. The van der Waals surface area contributed by atoms with Gasteiger partial charge in [-0.15, -0.1) is 0 Å². The third kappa shape index (κ3) is 3.60. The van der Waals surface area contributed by atoms with Crippen molar-refractivity contribution in [2.45, 2.75) is 50.5 Å². The Bertz CT molecular complexity index is 3160. The lowest BCUT2D eigenvalue weighted by Crippen LogP contribution is -2.38. The first-order chi connectivity index (χ1) is 27.3. The number of para-hydroxylation sites is 2. The molecule has 2 atom stereocenters. The maximum absolute atomic E-state index is 2.68. The second kappa shape index (κ2) is 10.3. The van der Waals surface area contributed by atoms with Crippen LogP contribution in [-0.2, 0) is 10.8 Å². The topological polar surface area (TPSA) is 8.17 Å². The molecule has 0 fully saturated rings. The Kier molecular flexibility index (Phi) is 5.66. The number of anilines is 2. The van der Waals surface area contributed by atoms with Crippen LogP contribution in [0.15, 0.2) is 158 Å². The summed E-state index contributed by atoms with van der Waals surface area (Å²) in [6.45, 7) is 9.47. The minimum Gasteiger partial charge on any atom is -0.329 e. The molecule has 0 amide bonds. The zero-order valence-electron chi connectivity index (χ0n) is 32.1. The molecule has 56 heavy (non-hydrogen) atoms. The van der Waals surface area contributed by atoms with Crippen molar-refractivity contribution in [3.8, 4) is 33.4 Å². The molecule has 0 bridgehead atoms. The first-order valence-electron chi connectivity index (χ1n) is 20.2. The molecule has 2 nitrogen and oxygen atoms in total. The van der Waals surface area contributed by atoms with E-state index < -0.39 is 0 Å². The number of fused-ring (bicyclic) bond motifs is 14. The number of aromatic nitrogens is 1. The lowest BCUT2D eigenvalue weighted by Gasteiger charge is -2.40. The summed E-state index contributed by atoms with van der Waals surface area (Å²) in [5.74, 6) is 0.193. The number of benzene rings is 7. The van der Waals surface area contributed by atoms with E-state index in [2.05, 4.69) is 195 Å². The van der Waals surface area contributed by atoms with Crippen LogP contribution in [0.5, 0.6) is 0 Å². The summed E-state index contributed by atoms with van der Waals surface area (Å²) in [5, 5.41) is 2.64. The van der Waals surface area contributed by atoms with Crippen LogP contribution < -0.4 is 4.90 Å². The Labute approximate surface area is 327 Å². The van der Waals surface area contributed by atoms with Crippen LogP contribution in [0.3, 0.4) is 0 Å². The average molecular weight is 717 g/mol. The van der Waals surface area contributed by atoms with Crippen LogP contribution in [0, 0.1) is 0 Å². The molecule has 5 aliphatic rings. The summed E-state index contributed by atoms with van der Waals surface area (Å²) in [7, 11) is 0. The minimum atomic E-state index is -0.0180. The van der Waals surface area contributed by atoms with Crippen LogP contribution in [-0.4, -0.2) is 10.6 Å². The van der Waals surface area contributed by atoms with Crippen molar-refractivity contribution in [3.63, 3.8) is 0 Å². The molecule has 1 aromatic heterocycles. The third-order valence-corrected chi connectivity index (χ3v) is 14.3. The van der Waals surface area contributed by atoms with Gasteiger partial charge in [-0.1, -0.05) is 149 Å². The van der Waals surface area contributed by atoms with Crippen LogP contribution in [0.4, 0.5) is 11.4 Å². The monoisotopic (exact) mass is 716 g/mol. The summed E-state index contributed by atoms with van der Waals surface area (Å²) >= 11 is 0. The number of hydrogen-bond acceptors (Lipinski definition) is 1. The van der Waals surface area contributed by atoms with Crippen molar-refractivity contribution in [2.24, 2.45) is 0 Å². The van der Waals surface area contributed by atoms with Crippen molar-refractivity contribution in [1.29, 1.82) is 0 Å². The zero-order chi connectivity index (χ0) is 37.2. The van der Waals surface area contributed by atoms with Gasteiger partial charge in [0.25, 0.3) is 0 Å². The molecular weight excluding hydrogens is 677 g/mol. The van der Waals surface area contributed by atoms with E-state index in [1.807, 2.05) is 0 Å². The number of hydrogen-bond donors (Lipinski definition) is 0. The Balaban J connectivity index is 1.05. The molecule has 266 valence electrons. The zero-order valence-corrected chi connectivity index (χ0v) is 32.1. The van der Waals surface area contributed by atoms with E-state index in [4.69, 9.17) is 0 Å². The molecule has 0 radical (unpaired) electrons. The summed E-state index contributed by atoms with van der Waals surface area (Å²) in [6, 6.07) is 55.7. The van der Waals surface area contributed by atoms with Gasteiger partial charge in [0.2, 0.25) is 0 Å². The highest BCUT2D eigenvalue weighted by molar-refractivity contribution is 6.22. The van der Waals surface area contributed by atoms with E-state index in [-0.39, 0.29) is 22.8 Å². The number of rotatable bonds is 2. The van der Waals surface area contributed by atoms with E-state index in [1.165, 1.54) is 111 Å². The summed E-state index contributed by atoms with van der Waals surface area (Å²) in [4.78, 5) is 2.68. The molecule has 2 aliphatic heterocycles. The molecule has 2 unspecified atom stereocenters. The standard InChI is InChI=1S/C54H40N2/c1-53(2)41-17-9-5-13-35(41)39-29-31(21-25-43(39)53)33-23-27-47-51-49(33)37-15-7-11-19-45(37)55(51)48-28-24-34(50-38-16-8-12-20-46(38)56(47)52(48)50)32-22-26-44-40(30-32)36-14-6-10-18-42(36)54(44,3)4/h5-30,49,51H,1-4H3. The molecule has 3 aliphatic carbocycles. The fraction of sp³-hybridized carbons (Fsp3) is 0.148. The molecule has 8 aromatic rings. The number of nitrogens with zero attached hydrogens (tertiary/aromatic N) is 2. The highest BCUT2D eigenvalue weighted by atomic mass is 15.3. The minimum absolute atomic E-state index is 0.0110. The first kappa shape index (κ1) is 30.9. The van der Waals surface area contributed by atoms with Gasteiger partial charge in [0, 0.05) is 38.9 Å². The predicted octanol–water partition coefficient (Wildman–Crippen LogP) is 13.6. The van der Waals surface area contributed by atoms with E-state index in [9.17, 15) is 0 Å². The lowest BCUT2D eigenvalue weighted by atomic mass is 9.77. The fourth-order valence-corrected chi connectivity index (χ4v) is 11.8. The van der Waals surface area contributed by atoms with E-state index in [0.29, 0.717) is 0 Å². The maximum Gasteiger partial charge on any atom is 0.0857 e. The Morgan fingerprint density at radius 3 is 1.84 bits per heavy atom. The second-order valence-electron chi connectivity index (χ2n) is 17.6. The molecule has 0 saturated carbocycles. The van der Waals surface area contributed by atoms with E-state index >= 15 is 0 Å². The first-order valence-corrected chi connectivity index (χ1v) is 20.2. The van der Waals surface area contributed by atoms with Gasteiger partial charge in [0.15, 0.2) is 0 Å². The Morgan fingerprint density at radius 1 is 0.482 bits per heavy atom. The molecule has 3 heterocycles. The summed E-state index contributed by atoms with van der Waals surface area (Å²) in [5.41, 5.74) is 24.3. The highest BCUT2D eigenvalue weighted by Gasteiger charge is 2.49. The quantitative estimate of drug-likeness (QED) is 0.173. The average Bonchev–Trinajstić information content (AvgIpc) is 3.90. The summed E-state index contributed by atoms with van der Waals surface area (Å²) < 4.78 is 2.62. The number of allylic oxidation sites excluding steroid dienone is 2. The van der Waals surface area contributed by atoms with Crippen molar-refractivity contribution in [2.75, 3.05) is 4.90 Å². The van der Waals surface area contributed by atoms with E-state index in [1.54, 1.807) is 0 Å². The van der Waals surface area contributed by atoms with Gasteiger partial charge in [0.1, 0.15) is 0 Å². The largest absolute Gasteiger partial charge is 0.329 e. The smallest absolute Gasteiger partial charge is 0.0857 e. The van der Waals surface area contributed by atoms with Gasteiger partial charge >= 0.3 is 0 Å². The van der Waals surface area contributed by atoms with E-state index in [0.717, 1.165) is 0 Å². The van der Waals surface area contributed by atoms with Gasteiger partial charge in [-0.25, -0.2) is 0 Å². The molecule has 13 rings (SSSR count). The van der Waals surface area contributed by atoms with Crippen LogP contribution in [0.25, 0.3) is 66.5 Å². The second-order valence-corrected chi connectivity index (χ2v) is 17.6. The Hall–Kier alpha value is -6.38. The van der Waals surface area contributed by atoms with Gasteiger partial charge in [-0.2, -0.15) is 0 Å². The van der Waals surface area contributed by atoms with Crippen LogP contribution >= 0.6 is 0 Å². The molecule has 0 spiro atoms. The fourth-order valence-electron chi connectivity index (χ4n) is 11.8. The van der Waals surface area contributed by atoms with Crippen molar-refractivity contribution < 1.29 is 0 Å². The van der Waals surface area contributed by atoms with Gasteiger partial charge < -0.3 is 9.47 Å². The summed E-state index contributed by atoms with van der Waals surface area (Å²) in [6.07, 6.45) is 4.88. The molecule has 2 heteroatoms. The van der Waals surface area contributed by atoms with Crippen molar-refractivity contribution in [1.82, 2.24) is 4.57 Å². The molecule has 0 saturated heterocycles. The van der Waals surface area contributed by atoms with Crippen molar-refractivity contribution in [3.05, 3.63) is 191 Å². The van der Waals surface area contributed by atoms with Crippen LogP contribution in [0.2, 0.25) is 0 Å². The SMILES string of the molecule is CC1(C)c2ccccc2-c2cc(C3=CC=C4C5C3c3ccccc3N5c3ccc(-c5ccc6c(c5)-c5ccccc5C6(C)C)c5c6ccccc6n4c35)ccc21. The maximum atomic E-state index is 2.68. The normalized spacial score (nSPS) is 19.5. The van der Waals surface area contributed by atoms with Gasteiger partial charge in [-0.3, -0.25) is 0 Å². The third-order valence-electron chi connectivity index (χ3n) is 14.3. The highest BCUT2D eigenvalue weighted by Crippen LogP contribution is 2.61. The molecular formula is C54H40N2. The lowest BCUT2D eigenvalue weighted by molar-refractivity contribution is 0.660. The molecule has 0 N–H and O–H groups in total. The molecule has 7 aromatic carbocycles.